The van der Waals surface area contributed by atoms with Gasteiger partial charge in [0.15, 0.2) is 0 Å². The third kappa shape index (κ3) is 2.55. The average Bonchev–Trinajstić information content (AvgIpc) is 2.34. The summed E-state index contributed by atoms with van der Waals surface area (Å²) in [5, 5.41) is 10.2. The molecule has 0 N–H and O–H groups in total. The van der Waals surface area contributed by atoms with Crippen LogP contribution in [0.25, 0.3) is 11.1 Å². The Morgan fingerprint density at radius 1 is 1.06 bits per heavy atom. The van der Waals surface area contributed by atoms with E-state index in [2.05, 4.69) is 4.98 Å². The normalized spacial score (nSPS) is 10.2. The number of benzene rings is 1. The Hall–Kier alpha value is -0.980. The van der Waals surface area contributed by atoms with Gasteiger partial charge in [-0.25, -0.2) is 4.98 Å². The molecule has 2 aromatic rings. The largest absolute Gasteiger partial charge is 0.243 e. The van der Waals surface area contributed by atoms with Gasteiger partial charge in [-0.05, 0) is 18.2 Å². The summed E-state index contributed by atoms with van der Waals surface area (Å²) in [4.78, 5) is 3.92. The maximum atomic E-state index is 8.91. The highest BCUT2D eigenvalue weighted by Crippen LogP contribution is 2.36. The Morgan fingerprint density at radius 2 is 1.78 bits per heavy atom. The molecule has 1 heterocycles. The Kier molecular flexibility index (Phi) is 3.99. The number of nitrogens with zero attached hydrogens (tertiary/aromatic N) is 2. The molecule has 0 saturated heterocycles. The molecule has 18 heavy (non-hydrogen) atoms. The molecular weight excluding hydrogens is 314 g/mol. The Morgan fingerprint density at radius 3 is 2.44 bits per heavy atom. The minimum absolute atomic E-state index is 0.144. The fraction of sp³-hybridized carbons (Fsp3) is 0. The number of rotatable bonds is 1. The predicted octanol–water partition coefficient (Wildman–Crippen LogP) is 5.23. The van der Waals surface area contributed by atoms with Crippen LogP contribution in [-0.2, 0) is 0 Å². The second-order valence-corrected chi connectivity index (χ2v) is 5.00. The summed E-state index contributed by atoms with van der Waals surface area (Å²) in [5.74, 6) is 0. The minimum Gasteiger partial charge on any atom is -0.243 e. The third-order valence-electron chi connectivity index (χ3n) is 2.26. The van der Waals surface area contributed by atoms with Crippen molar-refractivity contribution in [2.24, 2.45) is 0 Å². The van der Waals surface area contributed by atoms with Gasteiger partial charge in [0, 0.05) is 22.3 Å². The van der Waals surface area contributed by atoms with Crippen LogP contribution in [0.2, 0.25) is 20.2 Å². The van der Waals surface area contributed by atoms with Gasteiger partial charge in [0.2, 0.25) is 0 Å². The van der Waals surface area contributed by atoms with Crippen LogP contribution < -0.4 is 0 Å². The Balaban J connectivity index is 2.66. The molecule has 0 aliphatic carbocycles. The van der Waals surface area contributed by atoms with Crippen molar-refractivity contribution in [3.05, 3.63) is 50.2 Å². The second kappa shape index (κ2) is 5.34. The molecule has 0 radical (unpaired) electrons. The Labute approximate surface area is 124 Å². The van der Waals surface area contributed by atoms with Gasteiger partial charge in [0.25, 0.3) is 0 Å². The van der Waals surface area contributed by atoms with Crippen molar-refractivity contribution in [2.45, 2.75) is 0 Å². The highest BCUT2D eigenvalue weighted by molar-refractivity contribution is 6.45. The molecule has 2 rings (SSSR count). The molecule has 0 fully saturated rings. The first-order valence-electron chi connectivity index (χ1n) is 4.73. The number of hydrogen-bond acceptors (Lipinski definition) is 2. The molecule has 0 unspecified atom stereocenters. The predicted molar refractivity (Wildman–Crippen MR) is 74.4 cm³/mol. The zero-order chi connectivity index (χ0) is 13.3. The minimum atomic E-state index is 0.144. The maximum absolute atomic E-state index is 8.91. The van der Waals surface area contributed by atoms with E-state index in [0.29, 0.717) is 26.2 Å². The lowest BCUT2D eigenvalue weighted by Gasteiger charge is -2.07. The summed E-state index contributed by atoms with van der Waals surface area (Å²) in [5.41, 5.74) is 1.50. The summed E-state index contributed by atoms with van der Waals surface area (Å²) in [7, 11) is 0. The van der Waals surface area contributed by atoms with E-state index >= 15 is 0 Å². The van der Waals surface area contributed by atoms with Crippen molar-refractivity contribution in [1.82, 2.24) is 4.98 Å². The molecule has 0 bridgehead atoms. The summed E-state index contributed by atoms with van der Waals surface area (Å²) in [6, 6.07) is 6.74. The zero-order valence-corrected chi connectivity index (χ0v) is 11.7. The van der Waals surface area contributed by atoms with Gasteiger partial charge in [-0.2, -0.15) is 5.26 Å². The van der Waals surface area contributed by atoms with Gasteiger partial charge in [-0.3, -0.25) is 0 Å². The fourth-order valence-corrected chi connectivity index (χ4v) is 2.30. The molecule has 0 saturated carbocycles. The molecular formula is C12H4Cl4N2. The summed E-state index contributed by atoms with van der Waals surface area (Å²) in [6.45, 7) is 0. The number of nitriles is 1. The van der Waals surface area contributed by atoms with E-state index in [1.165, 1.54) is 6.20 Å². The standard InChI is InChI=1S/C12H4Cl4N2/c13-8-2-9(11(15)10(14)3-8)7-1-6(4-17)12(16)18-5-7/h1-3,5H. The lowest BCUT2D eigenvalue weighted by atomic mass is 10.1. The lowest BCUT2D eigenvalue weighted by Crippen LogP contribution is -1.87. The smallest absolute Gasteiger partial charge is 0.146 e. The van der Waals surface area contributed by atoms with Crippen molar-refractivity contribution in [3.63, 3.8) is 0 Å². The van der Waals surface area contributed by atoms with Crippen LogP contribution in [0.5, 0.6) is 0 Å². The summed E-state index contributed by atoms with van der Waals surface area (Å²) < 4.78 is 0. The van der Waals surface area contributed by atoms with E-state index in [1.54, 1.807) is 18.2 Å². The van der Waals surface area contributed by atoms with E-state index < -0.39 is 0 Å². The van der Waals surface area contributed by atoms with Crippen LogP contribution in [0.1, 0.15) is 5.56 Å². The topological polar surface area (TPSA) is 36.7 Å². The number of hydrogen-bond donors (Lipinski definition) is 0. The van der Waals surface area contributed by atoms with Crippen LogP contribution in [0.15, 0.2) is 24.4 Å². The van der Waals surface area contributed by atoms with E-state index in [1.807, 2.05) is 6.07 Å². The molecule has 0 amide bonds. The first kappa shape index (κ1) is 13.5. The molecule has 1 aromatic carbocycles. The highest BCUT2D eigenvalue weighted by Gasteiger charge is 2.11. The van der Waals surface area contributed by atoms with E-state index in [0.717, 1.165) is 0 Å². The quantitative estimate of drug-likeness (QED) is 0.533. The average molecular weight is 318 g/mol. The van der Waals surface area contributed by atoms with Crippen molar-refractivity contribution in [3.8, 4) is 17.2 Å². The lowest BCUT2D eigenvalue weighted by molar-refractivity contribution is 1.30. The Bertz CT molecular complexity index is 662. The van der Waals surface area contributed by atoms with Gasteiger partial charge in [0.1, 0.15) is 11.2 Å². The van der Waals surface area contributed by atoms with Gasteiger partial charge >= 0.3 is 0 Å². The molecule has 6 heteroatoms. The monoisotopic (exact) mass is 316 g/mol. The van der Waals surface area contributed by atoms with Gasteiger partial charge in [-0.1, -0.05) is 46.4 Å². The van der Waals surface area contributed by atoms with Gasteiger partial charge < -0.3 is 0 Å². The van der Waals surface area contributed by atoms with Crippen molar-refractivity contribution in [2.75, 3.05) is 0 Å². The third-order valence-corrected chi connectivity index (χ3v) is 3.58. The molecule has 0 aliphatic heterocycles. The first-order chi connectivity index (χ1) is 8.52. The first-order valence-corrected chi connectivity index (χ1v) is 6.24. The molecule has 0 spiro atoms. The van der Waals surface area contributed by atoms with E-state index in [4.69, 9.17) is 51.7 Å². The van der Waals surface area contributed by atoms with Crippen molar-refractivity contribution in [1.29, 1.82) is 5.26 Å². The zero-order valence-electron chi connectivity index (χ0n) is 8.72. The second-order valence-electron chi connectivity index (χ2n) is 3.42. The summed E-state index contributed by atoms with van der Waals surface area (Å²) >= 11 is 23.7. The van der Waals surface area contributed by atoms with Crippen LogP contribution in [0, 0.1) is 11.3 Å². The molecule has 0 atom stereocenters. The maximum Gasteiger partial charge on any atom is 0.146 e. The van der Waals surface area contributed by atoms with Gasteiger partial charge in [0.05, 0.1) is 15.6 Å². The van der Waals surface area contributed by atoms with Crippen molar-refractivity contribution < 1.29 is 0 Å². The van der Waals surface area contributed by atoms with Crippen LogP contribution in [0.4, 0.5) is 0 Å². The van der Waals surface area contributed by atoms with Crippen LogP contribution in [0.3, 0.4) is 0 Å². The fourth-order valence-electron chi connectivity index (χ4n) is 1.44. The van der Waals surface area contributed by atoms with Gasteiger partial charge in [-0.15, -0.1) is 0 Å². The molecule has 0 aliphatic rings. The molecule has 1 aromatic heterocycles. The number of halogens is 4. The molecule has 90 valence electrons. The number of pyridine rings is 1. The van der Waals surface area contributed by atoms with E-state index in [-0.39, 0.29) is 10.7 Å². The van der Waals surface area contributed by atoms with E-state index in [9.17, 15) is 0 Å². The highest BCUT2D eigenvalue weighted by atomic mass is 35.5. The SMILES string of the molecule is N#Cc1cc(-c2cc(Cl)cc(Cl)c2Cl)cnc1Cl. The van der Waals surface area contributed by atoms with Crippen LogP contribution >= 0.6 is 46.4 Å². The van der Waals surface area contributed by atoms with Crippen molar-refractivity contribution >= 4 is 46.4 Å². The number of aromatic nitrogens is 1. The molecule has 2 nitrogen and oxygen atoms in total. The summed E-state index contributed by atoms with van der Waals surface area (Å²) in [6.07, 6.45) is 1.51. The van der Waals surface area contributed by atoms with Crippen LogP contribution in [-0.4, -0.2) is 4.98 Å².